The van der Waals surface area contributed by atoms with Gasteiger partial charge >= 0.3 is 129 Å². The molecule has 1 saturated heterocycles. The van der Waals surface area contributed by atoms with Crippen LogP contribution in [0.1, 0.15) is 31.9 Å². The second-order valence-corrected chi connectivity index (χ2v) is 7.71. The Morgan fingerprint density at radius 1 is 1.19 bits per heavy atom. The second-order valence-electron chi connectivity index (χ2n) is 4.89. The summed E-state index contributed by atoms with van der Waals surface area (Å²) in [5, 5.41) is 10.0. The molecule has 0 radical (unpaired) electrons. The number of carbonyl (C=O) groups excluding carboxylic acids is 2. The Bertz CT molecular complexity index is 480. The summed E-state index contributed by atoms with van der Waals surface area (Å²) >= 11 is -0.152. The van der Waals surface area contributed by atoms with Gasteiger partial charge in [0.2, 0.25) is 0 Å². The molecule has 0 amide bonds. The van der Waals surface area contributed by atoms with Gasteiger partial charge in [0, 0.05) is 0 Å². The van der Waals surface area contributed by atoms with Gasteiger partial charge in [-0.2, -0.15) is 0 Å². The zero-order valence-electron chi connectivity index (χ0n) is 11.9. The fourth-order valence-electron chi connectivity index (χ4n) is 2.31. The molecular weight excluding hydrogens is 339 g/mol. The van der Waals surface area contributed by atoms with Crippen LogP contribution in [0.2, 0.25) is 4.82 Å². The Hall–Kier alpha value is -1.36. The number of aliphatic hydroxyl groups excluding tert-OH is 1. The molecule has 4 atom stereocenters. The van der Waals surface area contributed by atoms with Crippen molar-refractivity contribution in [2.45, 2.75) is 42.3 Å². The third kappa shape index (κ3) is 4.30. The molecule has 0 aromatic heterocycles. The summed E-state index contributed by atoms with van der Waals surface area (Å²) in [6.45, 7) is 2.67. The van der Waals surface area contributed by atoms with E-state index in [0.717, 1.165) is 5.56 Å². The standard InChI is InChI=1S/C15H18O5Se/c1-9(16)19-12-8-13(21-15(12)20-10(2)17)14(18)11-6-4-3-5-7-11/h3-7,12-15,18H,8H2,1-2H3/t12-,13+,14?,15+/m1/s1. The van der Waals surface area contributed by atoms with Gasteiger partial charge in [0.25, 0.3) is 0 Å². The minimum absolute atomic E-state index is 0.0476. The van der Waals surface area contributed by atoms with Crippen molar-refractivity contribution in [3.8, 4) is 0 Å². The summed E-state index contributed by atoms with van der Waals surface area (Å²) in [5.74, 6) is -0.795. The first-order chi connectivity index (χ1) is 9.97. The number of carbonyl (C=O) groups is 2. The number of esters is 2. The third-order valence-corrected chi connectivity index (χ3v) is 6.25. The third-order valence-electron chi connectivity index (χ3n) is 3.17. The van der Waals surface area contributed by atoms with Crippen LogP contribution in [-0.2, 0) is 19.1 Å². The van der Waals surface area contributed by atoms with E-state index in [1.165, 1.54) is 13.8 Å². The van der Waals surface area contributed by atoms with E-state index in [0.29, 0.717) is 6.42 Å². The number of hydrogen-bond acceptors (Lipinski definition) is 5. The molecule has 0 aliphatic carbocycles. The van der Waals surface area contributed by atoms with E-state index in [9.17, 15) is 14.7 Å². The van der Waals surface area contributed by atoms with Gasteiger partial charge in [0.15, 0.2) is 0 Å². The van der Waals surface area contributed by atoms with Crippen molar-refractivity contribution < 1.29 is 24.2 Å². The van der Waals surface area contributed by atoms with Crippen LogP contribution in [0.5, 0.6) is 0 Å². The van der Waals surface area contributed by atoms with E-state index < -0.39 is 29.1 Å². The van der Waals surface area contributed by atoms with Crippen molar-refractivity contribution in [2.24, 2.45) is 0 Å². The summed E-state index contributed by atoms with van der Waals surface area (Å²) in [6, 6.07) is 9.35. The molecule has 1 aromatic rings. The number of rotatable bonds is 4. The van der Waals surface area contributed by atoms with Crippen molar-refractivity contribution in [2.75, 3.05) is 0 Å². The van der Waals surface area contributed by atoms with E-state index in [-0.39, 0.29) is 19.8 Å². The SMILES string of the molecule is CC(=O)O[C@@H]1C[C@@H](C(O)c2ccccc2)[Se][C@@H]1OC(C)=O. The molecule has 0 spiro atoms. The van der Waals surface area contributed by atoms with Crippen LogP contribution in [0, 0.1) is 0 Å². The van der Waals surface area contributed by atoms with Gasteiger partial charge in [0.1, 0.15) is 0 Å². The second kappa shape index (κ2) is 7.07. The van der Waals surface area contributed by atoms with Crippen molar-refractivity contribution in [1.82, 2.24) is 0 Å². The van der Waals surface area contributed by atoms with Gasteiger partial charge in [-0.25, -0.2) is 0 Å². The molecule has 1 unspecified atom stereocenters. The molecule has 2 rings (SSSR count). The van der Waals surface area contributed by atoms with Gasteiger partial charge in [-0.1, -0.05) is 0 Å². The van der Waals surface area contributed by atoms with Crippen molar-refractivity contribution in [3.05, 3.63) is 35.9 Å². The maximum atomic E-state index is 11.2. The fraction of sp³-hybridized carbons (Fsp3) is 0.467. The normalized spacial score (nSPS) is 26.1. The van der Waals surface area contributed by atoms with E-state index in [1.807, 2.05) is 30.3 Å². The molecule has 6 heteroatoms. The van der Waals surface area contributed by atoms with Gasteiger partial charge in [-0.15, -0.1) is 0 Å². The van der Waals surface area contributed by atoms with Crippen molar-refractivity contribution in [3.63, 3.8) is 0 Å². The molecule has 1 aliphatic heterocycles. The average Bonchev–Trinajstić information content (AvgIpc) is 2.80. The van der Waals surface area contributed by atoms with Crippen LogP contribution < -0.4 is 0 Å². The summed E-state index contributed by atoms with van der Waals surface area (Å²) in [6.07, 6.45) is -0.590. The molecule has 1 N–H and O–H groups in total. The molecule has 0 saturated carbocycles. The predicted octanol–water partition coefficient (Wildman–Crippen LogP) is 1.44. The zero-order valence-corrected chi connectivity index (χ0v) is 13.6. The molecule has 5 nitrogen and oxygen atoms in total. The molecule has 1 fully saturated rings. The molecular formula is C15H18O5Se. The van der Waals surface area contributed by atoms with Crippen LogP contribution >= 0.6 is 0 Å². The molecule has 114 valence electrons. The van der Waals surface area contributed by atoms with Gasteiger partial charge in [-0.3, -0.25) is 0 Å². The van der Waals surface area contributed by atoms with Gasteiger partial charge < -0.3 is 0 Å². The quantitative estimate of drug-likeness (QED) is 0.652. The van der Waals surface area contributed by atoms with E-state index >= 15 is 0 Å². The Labute approximate surface area is 129 Å². The Morgan fingerprint density at radius 2 is 1.81 bits per heavy atom. The summed E-state index contributed by atoms with van der Waals surface area (Å²) < 4.78 is 10.5. The first-order valence-electron chi connectivity index (χ1n) is 6.70. The minimum atomic E-state index is -0.634. The van der Waals surface area contributed by atoms with Crippen LogP contribution in [0.25, 0.3) is 0 Å². The number of ether oxygens (including phenoxy) is 2. The summed E-state index contributed by atoms with van der Waals surface area (Å²) in [7, 11) is 0. The number of hydrogen-bond donors (Lipinski definition) is 1. The van der Waals surface area contributed by atoms with E-state index in [1.54, 1.807) is 0 Å². The summed E-state index contributed by atoms with van der Waals surface area (Å²) in [5.41, 5.74) is 0.828. The predicted molar refractivity (Wildman–Crippen MR) is 76.6 cm³/mol. The Kier molecular flexibility index (Phi) is 5.39. The van der Waals surface area contributed by atoms with E-state index in [2.05, 4.69) is 0 Å². The zero-order chi connectivity index (χ0) is 15.4. The van der Waals surface area contributed by atoms with Crippen LogP contribution in [0.3, 0.4) is 0 Å². The maximum absolute atomic E-state index is 11.2. The topological polar surface area (TPSA) is 72.8 Å². The van der Waals surface area contributed by atoms with Crippen LogP contribution in [0.4, 0.5) is 0 Å². The number of benzene rings is 1. The Balaban J connectivity index is 2.08. The van der Waals surface area contributed by atoms with Crippen LogP contribution in [-0.4, -0.2) is 43.1 Å². The van der Waals surface area contributed by atoms with Crippen molar-refractivity contribution >= 4 is 26.9 Å². The van der Waals surface area contributed by atoms with Crippen LogP contribution in [0.15, 0.2) is 30.3 Å². The molecule has 1 heterocycles. The average molecular weight is 357 g/mol. The first kappa shape index (κ1) is 16.0. The number of aliphatic hydroxyl groups is 1. The molecule has 21 heavy (non-hydrogen) atoms. The monoisotopic (exact) mass is 358 g/mol. The van der Waals surface area contributed by atoms with Gasteiger partial charge in [0.05, 0.1) is 0 Å². The molecule has 0 bridgehead atoms. The Morgan fingerprint density at radius 3 is 2.38 bits per heavy atom. The van der Waals surface area contributed by atoms with Gasteiger partial charge in [-0.05, 0) is 0 Å². The van der Waals surface area contributed by atoms with E-state index in [4.69, 9.17) is 9.47 Å². The summed E-state index contributed by atoms with van der Waals surface area (Å²) in [4.78, 5) is 22.3. The fourth-order valence-corrected chi connectivity index (χ4v) is 5.42. The first-order valence-corrected chi connectivity index (χ1v) is 8.68. The molecule has 1 aromatic carbocycles. The molecule has 1 aliphatic rings. The van der Waals surface area contributed by atoms with Crippen molar-refractivity contribution in [1.29, 1.82) is 0 Å².